The van der Waals surface area contributed by atoms with Crippen molar-refractivity contribution < 1.29 is 13.2 Å². The third kappa shape index (κ3) is 1.73. The van der Waals surface area contributed by atoms with Crippen LogP contribution in [0.25, 0.3) is 27.2 Å². The Morgan fingerprint density at radius 3 is 2.14 bits per heavy atom. The summed E-state index contributed by atoms with van der Waals surface area (Å²) in [4.78, 5) is 0. The van der Waals surface area contributed by atoms with Gasteiger partial charge in [-0.2, -0.15) is 13.2 Å². The van der Waals surface area contributed by atoms with Gasteiger partial charge in [0.25, 0.3) is 0 Å². The molecule has 22 heavy (non-hydrogen) atoms. The lowest BCUT2D eigenvalue weighted by molar-refractivity contribution is -0.137. The van der Waals surface area contributed by atoms with Gasteiger partial charge in [-0.3, -0.25) is 0 Å². The number of rotatable bonds is 0. The molecule has 0 atom stereocenters. The number of hydrogen-bond donors (Lipinski definition) is 0. The van der Waals surface area contributed by atoms with E-state index >= 15 is 0 Å². The van der Waals surface area contributed by atoms with E-state index in [1.165, 1.54) is 6.07 Å². The van der Waals surface area contributed by atoms with E-state index < -0.39 is 11.7 Å². The molecule has 0 spiro atoms. The molecule has 4 rings (SSSR count). The minimum Gasteiger partial charge on any atom is -0.313 e. The number of aromatic nitrogens is 1. The van der Waals surface area contributed by atoms with Crippen molar-refractivity contribution in [3.63, 3.8) is 0 Å². The summed E-state index contributed by atoms with van der Waals surface area (Å²) < 4.78 is 41.1. The average molecular weight is 299 g/mol. The van der Waals surface area contributed by atoms with Crippen molar-refractivity contribution in [3.05, 3.63) is 65.9 Å². The first-order valence-electron chi connectivity index (χ1n) is 6.96. The molecule has 0 saturated heterocycles. The third-order valence-corrected chi connectivity index (χ3v) is 4.13. The smallest absolute Gasteiger partial charge is 0.313 e. The van der Waals surface area contributed by atoms with E-state index in [0.29, 0.717) is 5.39 Å². The summed E-state index contributed by atoms with van der Waals surface area (Å²) in [6.07, 6.45) is -4.34. The molecule has 0 bridgehead atoms. The molecule has 0 radical (unpaired) electrons. The molecule has 0 N–H and O–H groups in total. The Morgan fingerprint density at radius 2 is 1.41 bits per heavy atom. The molecule has 0 fully saturated rings. The van der Waals surface area contributed by atoms with E-state index in [-0.39, 0.29) is 0 Å². The number of alkyl halides is 3. The molecule has 0 unspecified atom stereocenters. The van der Waals surface area contributed by atoms with Crippen LogP contribution in [0.1, 0.15) is 11.3 Å². The molecule has 0 aliphatic carbocycles. The summed E-state index contributed by atoms with van der Waals surface area (Å²) in [6, 6.07) is 15.5. The molecule has 1 nitrogen and oxygen atoms in total. The van der Waals surface area contributed by atoms with Crippen LogP contribution in [0.5, 0.6) is 0 Å². The second-order valence-corrected chi connectivity index (χ2v) is 5.47. The molecule has 110 valence electrons. The lowest BCUT2D eigenvalue weighted by atomic mass is 10.0. The maximum absolute atomic E-state index is 13.0. The van der Waals surface area contributed by atoms with Gasteiger partial charge in [0.15, 0.2) is 0 Å². The molecule has 4 heteroatoms. The third-order valence-electron chi connectivity index (χ3n) is 4.13. The lowest BCUT2D eigenvalue weighted by Gasteiger charge is -2.13. The largest absolute Gasteiger partial charge is 0.416 e. The number of benzene rings is 2. The summed E-state index contributed by atoms with van der Waals surface area (Å²) in [5.41, 5.74) is 2.20. The van der Waals surface area contributed by atoms with Gasteiger partial charge in [-0.05, 0) is 42.6 Å². The first kappa shape index (κ1) is 13.2. The van der Waals surface area contributed by atoms with Gasteiger partial charge in [0.2, 0.25) is 0 Å². The van der Waals surface area contributed by atoms with Gasteiger partial charge in [0.1, 0.15) is 0 Å². The van der Waals surface area contributed by atoms with Crippen LogP contribution in [0.2, 0.25) is 0 Å². The van der Waals surface area contributed by atoms with E-state index in [1.807, 2.05) is 47.7 Å². The maximum atomic E-state index is 13.0. The van der Waals surface area contributed by atoms with Gasteiger partial charge in [-0.15, -0.1) is 0 Å². The fourth-order valence-corrected chi connectivity index (χ4v) is 3.13. The van der Waals surface area contributed by atoms with Gasteiger partial charge < -0.3 is 4.40 Å². The molecule has 0 aliphatic heterocycles. The van der Waals surface area contributed by atoms with Gasteiger partial charge in [-0.1, -0.05) is 24.3 Å². The van der Waals surface area contributed by atoms with Gasteiger partial charge in [0, 0.05) is 16.5 Å². The monoisotopic (exact) mass is 299 g/mol. The highest BCUT2D eigenvalue weighted by Crippen LogP contribution is 2.36. The zero-order valence-corrected chi connectivity index (χ0v) is 11.8. The quantitative estimate of drug-likeness (QED) is 0.374. The summed E-state index contributed by atoms with van der Waals surface area (Å²) >= 11 is 0. The number of hydrogen-bond acceptors (Lipinski definition) is 0. The molecule has 2 aromatic heterocycles. The Kier molecular flexibility index (Phi) is 2.55. The summed E-state index contributed by atoms with van der Waals surface area (Å²) in [5, 5.41) is 2.42. The van der Waals surface area contributed by atoms with Crippen molar-refractivity contribution in [2.24, 2.45) is 0 Å². The van der Waals surface area contributed by atoms with Crippen molar-refractivity contribution in [2.45, 2.75) is 13.1 Å². The molecule has 0 saturated carbocycles. The zero-order chi connectivity index (χ0) is 15.5. The number of nitrogens with zero attached hydrogens (tertiary/aromatic N) is 1. The van der Waals surface area contributed by atoms with Crippen molar-refractivity contribution >= 4 is 27.2 Å². The van der Waals surface area contributed by atoms with Crippen molar-refractivity contribution in [1.29, 1.82) is 0 Å². The van der Waals surface area contributed by atoms with Crippen LogP contribution in [0.4, 0.5) is 13.2 Å². The Balaban J connectivity index is 2.29. The van der Waals surface area contributed by atoms with Gasteiger partial charge in [-0.25, -0.2) is 0 Å². The lowest BCUT2D eigenvalue weighted by Crippen LogP contribution is -2.05. The molecular formula is C18H12F3N. The van der Waals surface area contributed by atoms with Crippen LogP contribution in [-0.4, -0.2) is 4.40 Å². The van der Waals surface area contributed by atoms with Crippen LogP contribution < -0.4 is 0 Å². The van der Waals surface area contributed by atoms with Crippen molar-refractivity contribution in [2.75, 3.05) is 0 Å². The van der Waals surface area contributed by atoms with Crippen LogP contribution in [0.15, 0.2) is 54.6 Å². The molecule has 2 aromatic carbocycles. The second kappa shape index (κ2) is 4.26. The molecule has 2 heterocycles. The maximum Gasteiger partial charge on any atom is 0.416 e. The van der Waals surface area contributed by atoms with Crippen molar-refractivity contribution in [1.82, 2.24) is 4.40 Å². The number of pyridine rings is 1. The highest BCUT2D eigenvalue weighted by molar-refractivity contribution is 6.12. The highest BCUT2D eigenvalue weighted by Gasteiger charge is 2.30. The van der Waals surface area contributed by atoms with Crippen molar-refractivity contribution in [3.8, 4) is 0 Å². The average Bonchev–Trinajstić information content (AvgIpc) is 2.88. The Hall–Kier alpha value is -2.49. The summed E-state index contributed by atoms with van der Waals surface area (Å²) in [6.45, 7) is 1.96. The Labute approximate surface area is 124 Å². The minimum absolute atomic E-state index is 0.616. The number of aryl methyl sites for hydroxylation is 1. The summed E-state index contributed by atoms with van der Waals surface area (Å²) in [7, 11) is 0. The highest BCUT2D eigenvalue weighted by atomic mass is 19.4. The van der Waals surface area contributed by atoms with E-state index in [2.05, 4.69) is 0 Å². The van der Waals surface area contributed by atoms with E-state index in [4.69, 9.17) is 0 Å². The molecule has 0 aliphatic rings. The fourth-order valence-electron chi connectivity index (χ4n) is 3.13. The minimum atomic E-state index is -4.34. The fraction of sp³-hybridized carbons (Fsp3) is 0.111. The van der Waals surface area contributed by atoms with E-state index in [1.54, 1.807) is 6.07 Å². The topological polar surface area (TPSA) is 4.41 Å². The normalized spacial score (nSPS) is 12.5. The predicted molar refractivity (Wildman–Crippen MR) is 82.1 cm³/mol. The van der Waals surface area contributed by atoms with E-state index in [0.717, 1.165) is 33.6 Å². The van der Waals surface area contributed by atoms with Gasteiger partial charge in [0.05, 0.1) is 16.6 Å². The zero-order valence-electron chi connectivity index (χ0n) is 11.8. The number of fused-ring (bicyclic) bond motifs is 6. The summed E-state index contributed by atoms with van der Waals surface area (Å²) in [5.74, 6) is 0. The molecular weight excluding hydrogens is 287 g/mol. The predicted octanol–water partition coefficient (Wildman–Crippen LogP) is 5.57. The molecule has 0 amide bonds. The van der Waals surface area contributed by atoms with Crippen LogP contribution >= 0.6 is 0 Å². The van der Waals surface area contributed by atoms with E-state index in [9.17, 15) is 13.2 Å². The van der Waals surface area contributed by atoms with Crippen LogP contribution in [0.3, 0.4) is 0 Å². The Bertz CT molecular complexity index is 1030. The van der Waals surface area contributed by atoms with Gasteiger partial charge >= 0.3 is 6.18 Å². The first-order chi connectivity index (χ1) is 10.5. The SMILES string of the molecule is Cc1ccc2c3ccccc3c3cc(C(F)(F)F)ccc3n12. The molecule has 4 aromatic rings. The number of halogens is 3. The standard InChI is InChI=1S/C18H12F3N/c1-11-6-8-16-14-5-3-2-4-13(14)15-10-12(18(19,20)21)7-9-17(15)22(11)16/h2-10H,1H3. The first-order valence-corrected chi connectivity index (χ1v) is 6.96. The Morgan fingerprint density at radius 1 is 0.773 bits per heavy atom. The second-order valence-electron chi connectivity index (χ2n) is 5.47. The van der Waals surface area contributed by atoms with Crippen LogP contribution in [-0.2, 0) is 6.18 Å². The van der Waals surface area contributed by atoms with Crippen LogP contribution in [0, 0.1) is 6.92 Å².